The van der Waals surface area contributed by atoms with E-state index in [-0.39, 0.29) is 4.90 Å². The Labute approximate surface area is 76.9 Å². The Balaban J connectivity index is 2.83. The summed E-state index contributed by atoms with van der Waals surface area (Å²) >= 11 is -2.26. The second-order valence-corrected chi connectivity index (χ2v) is 3.37. The molecule has 1 heterocycles. The summed E-state index contributed by atoms with van der Waals surface area (Å²) in [5, 5.41) is 7.99. The zero-order valence-electron chi connectivity index (χ0n) is 6.51. The van der Waals surface area contributed by atoms with E-state index in [0.29, 0.717) is 10.9 Å². The predicted octanol–water partition coefficient (Wildman–Crippen LogP) is 0.868. The van der Waals surface area contributed by atoms with Gasteiger partial charge in [0.15, 0.2) is 0 Å². The molecule has 2 aromatic rings. The summed E-state index contributed by atoms with van der Waals surface area (Å²) < 4.78 is 21.5. The molecule has 0 fully saturated rings. The van der Waals surface area contributed by atoms with Crippen molar-refractivity contribution in [2.45, 2.75) is 4.90 Å². The molecule has 0 saturated heterocycles. The normalized spacial score (nSPS) is 13.0. The van der Waals surface area contributed by atoms with Crippen molar-refractivity contribution in [2.24, 2.45) is 0 Å². The molecule has 4 nitrogen and oxygen atoms in total. The lowest BCUT2D eigenvalue weighted by Crippen LogP contribution is -1.94. The zero-order valence-corrected chi connectivity index (χ0v) is 7.32. The molecule has 0 aliphatic heterocycles. The summed E-state index contributed by atoms with van der Waals surface area (Å²) in [6.07, 6.45) is 1.24. The van der Waals surface area contributed by atoms with Crippen LogP contribution in [0.15, 0.2) is 35.4 Å². The highest BCUT2D eigenvalue weighted by Gasteiger charge is 2.01. The van der Waals surface area contributed by atoms with Crippen molar-refractivity contribution in [3.05, 3.63) is 30.5 Å². The molecule has 0 bridgehead atoms. The first-order valence-electron chi connectivity index (χ1n) is 3.59. The van der Waals surface area contributed by atoms with Crippen LogP contribution in [0.4, 0.5) is 0 Å². The number of hydrogen-bond donors (Lipinski definition) is 0. The van der Waals surface area contributed by atoms with Gasteiger partial charge < -0.3 is 4.55 Å². The molecule has 2 rings (SSSR count). The summed E-state index contributed by atoms with van der Waals surface area (Å²) in [4.78, 5) is 0.186. The highest BCUT2D eigenvalue weighted by atomic mass is 32.2. The summed E-state index contributed by atoms with van der Waals surface area (Å²) in [6, 6.07) is 6.97. The first-order chi connectivity index (χ1) is 6.29. The van der Waals surface area contributed by atoms with Crippen molar-refractivity contribution in [3.63, 3.8) is 0 Å². The van der Waals surface area contributed by atoms with Crippen LogP contribution < -0.4 is 0 Å². The second kappa shape index (κ2) is 3.20. The first kappa shape index (κ1) is 8.28. The number of fused-ring (bicyclic) bond motifs is 1. The van der Waals surface area contributed by atoms with Gasteiger partial charge in [-0.2, -0.15) is 10.2 Å². The van der Waals surface area contributed by atoms with E-state index in [4.69, 9.17) is 0 Å². The van der Waals surface area contributed by atoms with Crippen LogP contribution in [-0.2, 0) is 11.1 Å². The molecule has 0 radical (unpaired) electrons. The molecule has 5 heteroatoms. The smallest absolute Gasteiger partial charge is 0.0941 e. The van der Waals surface area contributed by atoms with Crippen molar-refractivity contribution in [2.75, 3.05) is 0 Å². The van der Waals surface area contributed by atoms with Gasteiger partial charge in [-0.15, -0.1) is 0 Å². The third kappa shape index (κ3) is 1.43. The fourth-order valence-electron chi connectivity index (χ4n) is 1.12. The fourth-order valence-corrected chi connectivity index (χ4v) is 1.60. The van der Waals surface area contributed by atoms with Gasteiger partial charge in [-0.05, 0) is 17.1 Å². The molecule has 66 valence electrons. The molecular weight excluding hydrogens is 188 g/mol. The van der Waals surface area contributed by atoms with E-state index in [1.165, 1.54) is 6.20 Å². The predicted molar refractivity (Wildman–Crippen MR) is 46.7 cm³/mol. The maximum Gasteiger partial charge on any atom is 0.0941 e. The highest BCUT2D eigenvalue weighted by molar-refractivity contribution is 7.79. The van der Waals surface area contributed by atoms with E-state index in [1.54, 1.807) is 24.3 Å². The highest BCUT2D eigenvalue weighted by Crippen LogP contribution is 2.16. The minimum Gasteiger partial charge on any atom is -0.768 e. The Morgan fingerprint density at radius 2 is 2.08 bits per heavy atom. The number of nitrogens with zero attached hydrogens (tertiary/aromatic N) is 2. The number of rotatable bonds is 1. The quantitative estimate of drug-likeness (QED) is 0.630. The lowest BCUT2D eigenvalue weighted by Gasteiger charge is -2.06. The van der Waals surface area contributed by atoms with Gasteiger partial charge in [-0.25, -0.2) is 0 Å². The molecule has 0 amide bonds. The zero-order chi connectivity index (χ0) is 9.26. The van der Waals surface area contributed by atoms with Crippen molar-refractivity contribution in [3.8, 4) is 0 Å². The third-order valence-electron chi connectivity index (χ3n) is 1.69. The number of hydrogen-bond acceptors (Lipinski definition) is 4. The Morgan fingerprint density at radius 1 is 1.31 bits per heavy atom. The van der Waals surface area contributed by atoms with Crippen LogP contribution in [-0.4, -0.2) is 19.0 Å². The lowest BCUT2D eigenvalue weighted by molar-refractivity contribution is 0.537. The number of aromatic nitrogens is 2. The Hall–Kier alpha value is -1.33. The van der Waals surface area contributed by atoms with Gasteiger partial charge in [-0.3, -0.25) is 4.21 Å². The van der Waals surface area contributed by atoms with E-state index in [9.17, 15) is 8.76 Å². The summed E-state index contributed by atoms with van der Waals surface area (Å²) in [5.74, 6) is 0. The molecule has 13 heavy (non-hydrogen) atoms. The van der Waals surface area contributed by atoms with Crippen LogP contribution in [0, 0.1) is 0 Å². The van der Waals surface area contributed by atoms with Crippen molar-refractivity contribution in [1.82, 2.24) is 10.2 Å². The Bertz CT molecular complexity index is 467. The second-order valence-electron chi connectivity index (χ2n) is 2.46. The van der Waals surface area contributed by atoms with Gasteiger partial charge in [0.25, 0.3) is 0 Å². The molecule has 0 aliphatic rings. The maximum absolute atomic E-state index is 10.7. The number of benzene rings is 1. The van der Waals surface area contributed by atoms with E-state index < -0.39 is 11.1 Å². The van der Waals surface area contributed by atoms with Gasteiger partial charge in [0.1, 0.15) is 0 Å². The Morgan fingerprint density at radius 3 is 2.85 bits per heavy atom. The summed E-state index contributed by atoms with van der Waals surface area (Å²) in [6.45, 7) is 0. The van der Waals surface area contributed by atoms with E-state index in [0.717, 1.165) is 0 Å². The molecule has 0 N–H and O–H groups in total. The van der Waals surface area contributed by atoms with Gasteiger partial charge in [0.05, 0.1) is 16.6 Å². The van der Waals surface area contributed by atoms with Crippen LogP contribution in [0.5, 0.6) is 0 Å². The van der Waals surface area contributed by atoms with Crippen LogP contribution in [0.3, 0.4) is 0 Å². The van der Waals surface area contributed by atoms with Crippen molar-refractivity contribution < 1.29 is 8.76 Å². The molecule has 1 aromatic heterocycles. The molecular formula is C8H5N2O2S-. The first-order valence-corrected chi connectivity index (χ1v) is 4.66. The molecule has 1 atom stereocenters. The monoisotopic (exact) mass is 193 g/mol. The minimum atomic E-state index is -2.26. The largest absolute Gasteiger partial charge is 0.768 e. The van der Waals surface area contributed by atoms with Gasteiger partial charge >= 0.3 is 0 Å². The van der Waals surface area contributed by atoms with Gasteiger partial charge in [-0.1, -0.05) is 18.2 Å². The minimum absolute atomic E-state index is 0.186. The van der Waals surface area contributed by atoms with E-state index in [2.05, 4.69) is 10.2 Å². The average Bonchev–Trinajstić information content (AvgIpc) is 2.17. The standard InChI is InChI=1S/C8H6N2O2S/c11-13(12)8-5-9-10-7-4-2-1-3-6(7)8/h1-5H,(H,11,12)/p-1. The van der Waals surface area contributed by atoms with E-state index >= 15 is 0 Å². The van der Waals surface area contributed by atoms with Gasteiger partial charge in [0.2, 0.25) is 0 Å². The molecule has 1 aromatic carbocycles. The van der Waals surface area contributed by atoms with Crippen molar-refractivity contribution in [1.29, 1.82) is 0 Å². The SMILES string of the molecule is O=S([O-])c1cnnc2ccccc12. The maximum atomic E-state index is 10.7. The van der Waals surface area contributed by atoms with Crippen LogP contribution >= 0.6 is 0 Å². The Kier molecular flexibility index (Phi) is 2.03. The fraction of sp³-hybridized carbons (Fsp3) is 0. The van der Waals surface area contributed by atoms with Crippen LogP contribution in [0.1, 0.15) is 0 Å². The summed E-state index contributed by atoms with van der Waals surface area (Å²) in [5.41, 5.74) is 0.587. The molecule has 1 unspecified atom stereocenters. The van der Waals surface area contributed by atoms with Crippen LogP contribution in [0.25, 0.3) is 10.9 Å². The van der Waals surface area contributed by atoms with Gasteiger partial charge in [0, 0.05) is 5.39 Å². The third-order valence-corrected chi connectivity index (χ3v) is 2.37. The summed E-state index contributed by atoms with van der Waals surface area (Å²) in [7, 11) is 0. The van der Waals surface area contributed by atoms with Crippen molar-refractivity contribution >= 4 is 22.0 Å². The van der Waals surface area contributed by atoms with E-state index in [1.807, 2.05) is 0 Å². The topological polar surface area (TPSA) is 65.9 Å². The molecule has 0 saturated carbocycles. The average molecular weight is 193 g/mol. The lowest BCUT2D eigenvalue weighted by atomic mass is 10.2. The van der Waals surface area contributed by atoms with Crippen LogP contribution in [0.2, 0.25) is 0 Å². The molecule has 0 aliphatic carbocycles. The molecule has 0 spiro atoms.